The monoisotopic (exact) mass is 652 g/mol. The van der Waals surface area contributed by atoms with Crippen molar-refractivity contribution in [2.45, 2.75) is 12.3 Å². The molecule has 0 unspecified atom stereocenters. The van der Waals surface area contributed by atoms with Gasteiger partial charge in [-0.2, -0.15) is 0 Å². The third kappa shape index (κ3) is 4.59. The van der Waals surface area contributed by atoms with Crippen molar-refractivity contribution in [1.29, 1.82) is 0 Å². The lowest BCUT2D eigenvalue weighted by Gasteiger charge is -2.30. The highest BCUT2D eigenvalue weighted by Crippen LogP contribution is 2.54. The van der Waals surface area contributed by atoms with Crippen molar-refractivity contribution >= 4 is 21.9 Å². The van der Waals surface area contributed by atoms with Crippen molar-refractivity contribution in [3.05, 3.63) is 193 Å². The number of hydrogen-bond acceptors (Lipinski definition) is 3. The van der Waals surface area contributed by atoms with Crippen LogP contribution in [0.2, 0.25) is 0 Å². The minimum absolute atomic E-state index is 0.373. The highest BCUT2D eigenvalue weighted by Gasteiger charge is 2.41. The largest absolute Gasteiger partial charge is 0.456 e. The molecule has 0 saturated heterocycles. The molecule has 3 heteroatoms. The molecule has 0 radical (unpaired) electrons. The molecule has 0 fully saturated rings. The Bertz CT molecular complexity index is 2730. The molecule has 51 heavy (non-hydrogen) atoms. The number of fused-ring (bicyclic) bond motifs is 6. The maximum absolute atomic E-state index is 6.17. The van der Waals surface area contributed by atoms with Gasteiger partial charge in [-0.15, -0.1) is 0 Å². The van der Waals surface area contributed by atoms with Crippen LogP contribution in [0.5, 0.6) is 0 Å². The Labute approximate surface area is 296 Å². The number of furan rings is 1. The number of rotatable bonds is 5. The van der Waals surface area contributed by atoms with Gasteiger partial charge in [0.2, 0.25) is 0 Å². The highest BCUT2D eigenvalue weighted by molar-refractivity contribution is 6.06. The lowest BCUT2D eigenvalue weighted by molar-refractivity contribution is 0.669. The van der Waals surface area contributed by atoms with E-state index in [-0.39, 0.29) is 5.41 Å². The Balaban J connectivity index is 1.20. The Kier molecular flexibility index (Phi) is 6.62. The predicted octanol–water partition coefficient (Wildman–Crippen LogP) is 12.4. The molecule has 2 heterocycles. The molecule has 0 amide bonds. The summed E-state index contributed by atoms with van der Waals surface area (Å²) < 4.78 is 6.17. The van der Waals surface area contributed by atoms with E-state index >= 15 is 0 Å². The van der Waals surface area contributed by atoms with Crippen LogP contribution in [0.4, 0.5) is 0 Å². The first kappa shape index (κ1) is 29.3. The van der Waals surface area contributed by atoms with Crippen LogP contribution >= 0.6 is 0 Å². The molecule has 0 atom stereocenters. The van der Waals surface area contributed by atoms with Gasteiger partial charge in [0.15, 0.2) is 5.82 Å². The molecule has 0 aliphatic heterocycles. The van der Waals surface area contributed by atoms with Crippen LogP contribution in [0.25, 0.3) is 78.1 Å². The number of benzene rings is 7. The minimum atomic E-state index is -0.373. The quantitative estimate of drug-likeness (QED) is 0.186. The van der Waals surface area contributed by atoms with Crippen molar-refractivity contribution in [3.8, 4) is 56.2 Å². The normalized spacial score (nSPS) is 13.0. The van der Waals surface area contributed by atoms with Gasteiger partial charge >= 0.3 is 0 Å². The zero-order valence-electron chi connectivity index (χ0n) is 28.0. The lowest BCUT2D eigenvalue weighted by Crippen LogP contribution is -2.23. The molecule has 0 bridgehead atoms. The molecule has 240 valence electrons. The number of aromatic nitrogens is 2. The van der Waals surface area contributed by atoms with E-state index in [9.17, 15) is 0 Å². The van der Waals surface area contributed by atoms with E-state index in [0.717, 1.165) is 61.1 Å². The average Bonchev–Trinajstić information content (AvgIpc) is 3.71. The molecule has 7 aromatic carbocycles. The standard InChI is InChI=1S/C48H32N2O/c1-48(40-23-11-7-18-34(40)35-19-8-12-24-41(35)48)42-25-13-9-22-38(42)44-30-43(49-47(50-44)31-15-3-2-4-16-31)36-20-6-5-17-33(36)32-27-28-46-39(29-32)37-21-10-14-26-45(37)51-46/h2-30H,1H3. The second-order valence-electron chi connectivity index (χ2n) is 13.4. The second-order valence-corrected chi connectivity index (χ2v) is 13.4. The molecule has 10 rings (SSSR count). The van der Waals surface area contributed by atoms with E-state index in [1.54, 1.807) is 0 Å². The molecule has 1 aliphatic rings. The fourth-order valence-electron chi connectivity index (χ4n) is 8.18. The Morgan fingerprint density at radius 3 is 1.61 bits per heavy atom. The molecule has 3 nitrogen and oxygen atoms in total. The van der Waals surface area contributed by atoms with Gasteiger partial charge < -0.3 is 4.42 Å². The van der Waals surface area contributed by atoms with Crippen LogP contribution in [0, 0.1) is 0 Å². The summed E-state index contributed by atoms with van der Waals surface area (Å²) in [6.45, 7) is 2.36. The Hall–Kier alpha value is -6.58. The third-order valence-electron chi connectivity index (χ3n) is 10.6. The van der Waals surface area contributed by atoms with Gasteiger partial charge in [-0.05, 0) is 70.1 Å². The number of para-hydroxylation sites is 1. The van der Waals surface area contributed by atoms with Crippen LogP contribution in [0.3, 0.4) is 0 Å². The number of hydrogen-bond donors (Lipinski definition) is 0. The second kappa shape index (κ2) is 11.5. The van der Waals surface area contributed by atoms with Crippen molar-refractivity contribution in [2.24, 2.45) is 0 Å². The Morgan fingerprint density at radius 1 is 0.392 bits per heavy atom. The summed E-state index contributed by atoms with van der Waals surface area (Å²) in [6, 6.07) is 62.1. The van der Waals surface area contributed by atoms with Crippen molar-refractivity contribution in [1.82, 2.24) is 9.97 Å². The predicted molar refractivity (Wildman–Crippen MR) is 208 cm³/mol. The summed E-state index contributed by atoms with van der Waals surface area (Å²) in [5.74, 6) is 0.696. The van der Waals surface area contributed by atoms with Gasteiger partial charge in [-0.1, -0.05) is 152 Å². The fourth-order valence-corrected chi connectivity index (χ4v) is 8.18. The van der Waals surface area contributed by atoms with Gasteiger partial charge in [0, 0.05) is 32.9 Å². The van der Waals surface area contributed by atoms with Crippen molar-refractivity contribution in [2.75, 3.05) is 0 Å². The lowest BCUT2D eigenvalue weighted by atomic mass is 9.72. The zero-order chi connectivity index (χ0) is 33.9. The molecule has 0 saturated carbocycles. The zero-order valence-corrected chi connectivity index (χ0v) is 28.0. The van der Waals surface area contributed by atoms with E-state index in [1.807, 2.05) is 30.3 Å². The Morgan fingerprint density at radius 2 is 0.902 bits per heavy atom. The first-order chi connectivity index (χ1) is 25.2. The molecular weight excluding hydrogens is 621 g/mol. The van der Waals surface area contributed by atoms with Crippen LogP contribution in [0.15, 0.2) is 180 Å². The first-order valence-electron chi connectivity index (χ1n) is 17.4. The van der Waals surface area contributed by atoms with Gasteiger partial charge in [0.1, 0.15) is 11.2 Å². The molecule has 2 aromatic heterocycles. The maximum Gasteiger partial charge on any atom is 0.160 e. The van der Waals surface area contributed by atoms with E-state index in [1.165, 1.54) is 27.8 Å². The van der Waals surface area contributed by atoms with Crippen LogP contribution in [0.1, 0.15) is 23.6 Å². The summed E-state index contributed by atoms with van der Waals surface area (Å²) in [5, 5.41) is 2.22. The summed E-state index contributed by atoms with van der Waals surface area (Å²) in [7, 11) is 0. The van der Waals surface area contributed by atoms with Gasteiger partial charge in [0.05, 0.1) is 11.4 Å². The molecular formula is C48H32N2O. The van der Waals surface area contributed by atoms with Gasteiger partial charge in [-0.3, -0.25) is 0 Å². The van der Waals surface area contributed by atoms with Crippen molar-refractivity contribution in [3.63, 3.8) is 0 Å². The summed E-state index contributed by atoms with van der Waals surface area (Å²) in [6.07, 6.45) is 0. The van der Waals surface area contributed by atoms with E-state index in [2.05, 4.69) is 153 Å². The van der Waals surface area contributed by atoms with Crippen LogP contribution < -0.4 is 0 Å². The first-order valence-corrected chi connectivity index (χ1v) is 17.4. The summed E-state index contributed by atoms with van der Waals surface area (Å²) in [5.41, 5.74) is 14.9. The molecule has 9 aromatic rings. The van der Waals surface area contributed by atoms with E-state index in [4.69, 9.17) is 14.4 Å². The fraction of sp³-hybridized carbons (Fsp3) is 0.0417. The molecule has 0 spiro atoms. The molecule has 0 N–H and O–H groups in total. The van der Waals surface area contributed by atoms with E-state index < -0.39 is 0 Å². The van der Waals surface area contributed by atoms with Crippen LogP contribution in [-0.4, -0.2) is 9.97 Å². The summed E-state index contributed by atoms with van der Waals surface area (Å²) >= 11 is 0. The van der Waals surface area contributed by atoms with Gasteiger partial charge in [-0.25, -0.2) is 9.97 Å². The van der Waals surface area contributed by atoms with Crippen LogP contribution in [-0.2, 0) is 5.41 Å². The topological polar surface area (TPSA) is 38.9 Å². The van der Waals surface area contributed by atoms with E-state index in [0.29, 0.717) is 5.82 Å². The minimum Gasteiger partial charge on any atom is -0.456 e. The smallest absolute Gasteiger partial charge is 0.160 e. The highest BCUT2D eigenvalue weighted by atomic mass is 16.3. The maximum atomic E-state index is 6.17. The SMILES string of the molecule is CC1(c2ccccc2-c2cc(-c3ccccc3-c3ccc4oc5ccccc5c4c3)nc(-c3ccccc3)n2)c2ccccc2-c2ccccc21. The summed E-state index contributed by atoms with van der Waals surface area (Å²) in [4.78, 5) is 10.6. The number of nitrogens with zero attached hydrogens (tertiary/aromatic N) is 2. The average molecular weight is 653 g/mol. The van der Waals surface area contributed by atoms with Gasteiger partial charge in [0.25, 0.3) is 0 Å². The molecule has 1 aliphatic carbocycles. The van der Waals surface area contributed by atoms with Crippen molar-refractivity contribution < 1.29 is 4.42 Å². The third-order valence-corrected chi connectivity index (χ3v) is 10.6.